The molecule has 0 spiro atoms. The molecule has 0 aliphatic carbocycles. The van der Waals surface area contributed by atoms with Crippen LogP contribution in [0.15, 0.2) is 41.7 Å². The van der Waals surface area contributed by atoms with Crippen LogP contribution in [0.3, 0.4) is 0 Å². The molecule has 36 heavy (non-hydrogen) atoms. The molecule has 0 atom stereocenters. The first kappa shape index (κ1) is 27.4. The average Bonchev–Trinajstić information content (AvgIpc) is 3.24. The van der Waals surface area contributed by atoms with E-state index in [2.05, 4.69) is 32.3 Å². The number of aliphatic imine (C=N–C) groups is 1. The molecule has 0 fully saturated rings. The van der Waals surface area contributed by atoms with Crippen LogP contribution in [0, 0.1) is 10.8 Å². The Balaban J connectivity index is 1.23. The average molecular weight is 497 g/mol. The molecule has 9 heteroatoms. The number of rotatable bonds is 17. The molecule has 1 aromatic heterocycles. The van der Waals surface area contributed by atoms with E-state index >= 15 is 0 Å². The normalized spacial score (nSPS) is 13.2. The number of nitrogens with one attached hydrogen (secondary N) is 4. The van der Waals surface area contributed by atoms with E-state index in [0.717, 1.165) is 82.0 Å². The lowest BCUT2D eigenvalue weighted by molar-refractivity contribution is 0.302. The molecule has 3 rings (SSSR count). The minimum atomic E-state index is 0.0601. The lowest BCUT2D eigenvalue weighted by atomic mass is 10.1. The van der Waals surface area contributed by atoms with Crippen LogP contribution in [0.25, 0.3) is 0 Å². The van der Waals surface area contributed by atoms with Crippen LogP contribution >= 0.6 is 0 Å². The van der Waals surface area contributed by atoms with E-state index in [0.29, 0.717) is 12.2 Å². The largest absolute Gasteiger partial charge is 0.494 e. The standard InChI is InChI=1S/C27H44N8O/c28-26(29)33-15-6-4-2-1-3-5-7-18-34-20-21-35(27(34)30)19-8-9-22-36-24-13-11-23(12-14-24)25-31-16-10-17-32-25/h11-14,20-21,30H,1-10,15-19,22H2,(H,31,32)(H4,28,29,33). The third kappa shape index (κ3) is 9.79. The zero-order valence-corrected chi connectivity index (χ0v) is 21.6. The molecular weight excluding hydrogens is 452 g/mol. The summed E-state index contributed by atoms with van der Waals surface area (Å²) >= 11 is 0. The van der Waals surface area contributed by atoms with Gasteiger partial charge in [-0.05, 0) is 56.4 Å². The highest BCUT2D eigenvalue weighted by atomic mass is 16.5. The number of nitrogens with zero attached hydrogens (tertiary/aromatic N) is 3. The van der Waals surface area contributed by atoms with Gasteiger partial charge in [-0.1, -0.05) is 32.1 Å². The van der Waals surface area contributed by atoms with Gasteiger partial charge in [-0.2, -0.15) is 0 Å². The van der Waals surface area contributed by atoms with Gasteiger partial charge in [0, 0.05) is 50.7 Å². The quantitative estimate of drug-likeness (QED) is 0.130. The van der Waals surface area contributed by atoms with Gasteiger partial charge in [-0.25, -0.2) is 0 Å². The van der Waals surface area contributed by atoms with Gasteiger partial charge in [-0.3, -0.25) is 15.8 Å². The minimum absolute atomic E-state index is 0.0601. The zero-order chi connectivity index (χ0) is 25.4. The molecule has 0 saturated carbocycles. The molecular formula is C27H44N8O. The highest BCUT2D eigenvalue weighted by molar-refractivity contribution is 5.99. The second-order valence-electron chi connectivity index (χ2n) is 9.41. The number of guanidine groups is 1. The van der Waals surface area contributed by atoms with Crippen LogP contribution in [0.4, 0.5) is 0 Å². The van der Waals surface area contributed by atoms with Crippen LogP contribution in [-0.4, -0.2) is 47.2 Å². The van der Waals surface area contributed by atoms with E-state index in [-0.39, 0.29) is 5.96 Å². The fraction of sp³-hybridized carbons (Fsp3) is 0.593. The summed E-state index contributed by atoms with van der Waals surface area (Å²) in [6.45, 7) is 5.12. The summed E-state index contributed by atoms with van der Waals surface area (Å²) in [5, 5.41) is 21.8. The van der Waals surface area contributed by atoms with Crippen molar-refractivity contribution >= 4 is 11.8 Å². The molecule has 9 nitrogen and oxygen atoms in total. The Morgan fingerprint density at radius 2 is 1.58 bits per heavy atom. The van der Waals surface area contributed by atoms with Crippen LogP contribution in [0.1, 0.15) is 69.8 Å². The molecule has 1 aromatic carbocycles. The molecule has 6 N–H and O–H groups in total. The molecule has 0 radical (unpaired) electrons. The van der Waals surface area contributed by atoms with Crippen molar-refractivity contribution in [1.82, 2.24) is 19.8 Å². The highest BCUT2D eigenvalue weighted by Crippen LogP contribution is 2.14. The summed E-state index contributed by atoms with van der Waals surface area (Å²) in [6, 6.07) is 8.15. The summed E-state index contributed by atoms with van der Waals surface area (Å²) in [4.78, 5) is 4.53. The van der Waals surface area contributed by atoms with Crippen LogP contribution in [-0.2, 0) is 13.1 Å². The van der Waals surface area contributed by atoms with Gasteiger partial charge < -0.3 is 30.2 Å². The van der Waals surface area contributed by atoms with Gasteiger partial charge in [0.25, 0.3) is 0 Å². The number of benzene rings is 1. The Labute approximate surface area is 215 Å². The number of unbranched alkanes of at least 4 members (excludes halogenated alkanes) is 7. The van der Waals surface area contributed by atoms with Crippen LogP contribution in [0.5, 0.6) is 5.75 Å². The highest BCUT2D eigenvalue weighted by Gasteiger charge is 2.07. The van der Waals surface area contributed by atoms with Crippen molar-refractivity contribution in [2.24, 2.45) is 10.7 Å². The zero-order valence-electron chi connectivity index (χ0n) is 21.6. The molecule has 2 heterocycles. The number of hydrogen-bond acceptors (Lipinski definition) is 5. The van der Waals surface area contributed by atoms with Gasteiger partial charge in [0.05, 0.1) is 6.61 Å². The van der Waals surface area contributed by atoms with E-state index in [1.807, 2.05) is 29.1 Å². The molecule has 0 unspecified atom stereocenters. The molecule has 0 amide bonds. The van der Waals surface area contributed by atoms with Gasteiger partial charge in [-0.15, -0.1) is 0 Å². The van der Waals surface area contributed by atoms with Crippen molar-refractivity contribution in [2.45, 2.75) is 77.3 Å². The SMILES string of the molecule is N=C(N)NCCCCCCCCCn1ccn(CCCCOc2ccc(C3=NCCCN3)cc2)c1=N. The van der Waals surface area contributed by atoms with Crippen molar-refractivity contribution in [1.29, 1.82) is 10.8 Å². The van der Waals surface area contributed by atoms with Gasteiger partial charge in [0.15, 0.2) is 5.96 Å². The van der Waals surface area contributed by atoms with Crippen LogP contribution < -0.4 is 26.7 Å². The van der Waals surface area contributed by atoms with Gasteiger partial charge >= 0.3 is 0 Å². The van der Waals surface area contributed by atoms with Crippen molar-refractivity contribution in [3.8, 4) is 5.75 Å². The Kier molecular flexibility index (Phi) is 11.9. The van der Waals surface area contributed by atoms with Crippen molar-refractivity contribution < 1.29 is 4.74 Å². The Bertz CT molecular complexity index is 992. The third-order valence-corrected chi connectivity index (χ3v) is 6.45. The number of imidazole rings is 1. The Morgan fingerprint density at radius 1 is 0.944 bits per heavy atom. The van der Waals surface area contributed by atoms with E-state index in [1.165, 1.54) is 32.1 Å². The Hall–Kier alpha value is -3.23. The maximum absolute atomic E-state index is 8.44. The fourth-order valence-electron chi connectivity index (χ4n) is 4.35. The lowest BCUT2D eigenvalue weighted by Gasteiger charge is -2.15. The van der Waals surface area contributed by atoms with Gasteiger partial charge in [0.1, 0.15) is 11.6 Å². The summed E-state index contributed by atoms with van der Waals surface area (Å²) in [6.07, 6.45) is 15.4. The second-order valence-corrected chi connectivity index (χ2v) is 9.41. The number of nitrogens with two attached hydrogens (primary N) is 1. The number of aromatic nitrogens is 2. The van der Waals surface area contributed by atoms with Crippen LogP contribution in [0.2, 0.25) is 0 Å². The molecule has 1 aliphatic heterocycles. The molecule has 0 saturated heterocycles. The number of ether oxygens (including phenoxy) is 1. The van der Waals surface area contributed by atoms with E-state index in [1.54, 1.807) is 0 Å². The fourth-order valence-corrected chi connectivity index (χ4v) is 4.35. The van der Waals surface area contributed by atoms with E-state index in [9.17, 15) is 0 Å². The maximum atomic E-state index is 8.44. The summed E-state index contributed by atoms with van der Waals surface area (Å²) in [5.74, 6) is 1.93. The predicted molar refractivity (Wildman–Crippen MR) is 146 cm³/mol. The predicted octanol–water partition coefficient (Wildman–Crippen LogP) is 3.58. The smallest absolute Gasteiger partial charge is 0.202 e. The second kappa shape index (κ2) is 15.7. The van der Waals surface area contributed by atoms with Crippen molar-refractivity contribution in [3.05, 3.63) is 47.8 Å². The topological polar surface area (TPSA) is 129 Å². The molecule has 198 valence electrons. The summed E-state index contributed by atoms with van der Waals surface area (Å²) in [5.41, 5.74) is 6.97. The lowest BCUT2D eigenvalue weighted by Crippen LogP contribution is -2.30. The van der Waals surface area contributed by atoms with Gasteiger partial charge in [0.2, 0.25) is 5.62 Å². The Morgan fingerprint density at radius 3 is 2.22 bits per heavy atom. The van der Waals surface area contributed by atoms with Crippen molar-refractivity contribution in [2.75, 3.05) is 26.2 Å². The number of amidine groups is 1. The number of hydrogen-bond donors (Lipinski definition) is 5. The number of aryl methyl sites for hydroxylation is 2. The third-order valence-electron chi connectivity index (χ3n) is 6.45. The minimum Gasteiger partial charge on any atom is -0.494 e. The maximum Gasteiger partial charge on any atom is 0.202 e. The molecule has 0 bridgehead atoms. The summed E-state index contributed by atoms with van der Waals surface area (Å²) < 4.78 is 9.99. The first-order valence-corrected chi connectivity index (χ1v) is 13.5. The monoisotopic (exact) mass is 496 g/mol. The molecule has 2 aromatic rings. The summed E-state index contributed by atoms with van der Waals surface area (Å²) in [7, 11) is 0. The van der Waals surface area contributed by atoms with Crippen molar-refractivity contribution in [3.63, 3.8) is 0 Å². The first-order chi connectivity index (χ1) is 17.6. The first-order valence-electron chi connectivity index (χ1n) is 13.5. The van der Waals surface area contributed by atoms with E-state index < -0.39 is 0 Å². The molecule has 1 aliphatic rings. The van der Waals surface area contributed by atoms with E-state index in [4.69, 9.17) is 21.3 Å².